The monoisotopic (exact) mass is 391 g/mol. The predicted octanol–water partition coefficient (Wildman–Crippen LogP) is 4.50. The van der Waals surface area contributed by atoms with Gasteiger partial charge in [-0.2, -0.15) is 0 Å². The van der Waals surface area contributed by atoms with Crippen LogP contribution < -0.4 is 9.64 Å². The third-order valence-electron chi connectivity index (χ3n) is 5.46. The molecule has 0 radical (unpaired) electrons. The van der Waals surface area contributed by atoms with E-state index in [0.29, 0.717) is 11.3 Å². The van der Waals surface area contributed by atoms with E-state index in [-0.39, 0.29) is 0 Å². The average Bonchev–Trinajstić information content (AvgIpc) is 3.47. The van der Waals surface area contributed by atoms with Gasteiger partial charge in [0.1, 0.15) is 12.7 Å². The van der Waals surface area contributed by atoms with Crippen LogP contribution in [-0.4, -0.2) is 29.2 Å². The Hall–Kier alpha value is -4.46. The Morgan fingerprint density at radius 1 is 0.633 bits per heavy atom. The molecular weight excluding hydrogens is 378 g/mol. The number of hydrogen-bond donors (Lipinski definition) is 0. The summed E-state index contributed by atoms with van der Waals surface area (Å²) in [6.07, 6.45) is 3.41. The molecule has 7 rings (SSSR count). The van der Waals surface area contributed by atoms with E-state index in [9.17, 15) is 0 Å². The standard InChI is InChI=1S/C22H13N7O/c1-3-7-19-16(5-1)29(17-6-2-4-8-20(17)30-19)14-9-10-15-18(11-14)28-13-24-26-22(28)21-25-23-12-27(15)21/h1-13H. The smallest absolute Gasteiger partial charge is 0.206 e. The van der Waals surface area contributed by atoms with Gasteiger partial charge in [-0.05, 0) is 42.5 Å². The van der Waals surface area contributed by atoms with Crippen LogP contribution >= 0.6 is 0 Å². The number of aromatic nitrogens is 6. The third-order valence-corrected chi connectivity index (χ3v) is 5.46. The van der Waals surface area contributed by atoms with E-state index in [1.807, 2.05) is 45.2 Å². The molecule has 4 heterocycles. The van der Waals surface area contributed by atoms with E-state index < -0.39 is 0 Å². The first-order chi connectivity index (χ1) is 14.9. The van der Waals surface area contributed by atoms with Gasteiger partial charge < -0.3 is 9.64 Å². The minimum atomic E-state index is 0.667. The van der Waals surface area contributed by atoms with Gasteiger partial charge in [-0.25, -0.2) is 0 Å². The molecule has 0 saturated heterocycles. The third kappa shape index (κ3) is 1.94. The van der Waals surface area contributed by atoms with E-state index in [0.717, 1.165) is 39.6 Å². The van der Waals surface area contributed by atoms with Crippen LogP contribution in [0.15, 0.2) is 79.4 Å². The zero-order valence-corrected chi connectivity index (χ0v) is 15.5. The van der Waals surface area contributed by atoms with E-state index in [2.05, 4.69) is 55.6 Å². The molecule has 0 bridgehead atoms. The van der Waals surface area contributed by atoms with Crippen molar-refractivity contribution in [2.24, 2.45) is 0 Å². The quantitative estimate of drug-likeness (QED) is 0.410. The number of anilines is 3. The highest BCUT2D eigenvalue weighted by atomic mass is 16.5. The van der Waals surface area contributed by atoms with Gasteiger partial charge >= 0.3 is 0 Å². The van der Waals surface area contributed by atoms with E-state index in [4.69, 9.17) is 4.74 Å². The molecule has 0 spiro atoms. The van der Waals surface area contributed by atoms with Gasteiger partial charge in [-0.15, -0.1) is 20.4 Å². The highest BCUT2D eigenvalue weighted by Gasteiger charge is 2.25. The van der Waals surface area contributed by atoms with Crippen LogP contribution in [0.5, 0.6) is 11.5 Å². The molecule has 0 aliphatic carbocycles. The molecule has 142 valence electrons. The van der Waals surface area contributed by atoms with Crippen molar-refractivity contribution in [1.29, 1.82) is 0 Å². The van der Waals surface area contributed by atoms with Gasteiger partial charge in [0, 0.05) is 5.69 Å². The van der Waals surface area contributed by atoms with E-state index >= 15 is 0 Å². The van der Waals surface area contributed by atoms with Gasteiger partial charge in [0.25, 0.3) is 0 Å². The second-order valence-corrected chi connectivity index (χ2v) is 7.10. The second-order valence-electron chi connectivity index (χ2n) is 7.10. The fourth-order valence-electron chi connectivity index (χ4n) is 4.16. The van der Waals surface area contributed by atoms with Gasteiger partial charge in [0.15, 0.2) is 11.5 Å². The summed E-state index contributed by atoms with van der Waals surface area (Å²) in [7, 11) is 0. The highest BCUT2D eigenvalue weighted by Crippen LogP contribution is 2.50. The van der Waals surface area contributed by atoms with Crippen molar-refractivity contribution < 1.29 is 4.74 Å². The van der Waals surface area contributed by atoms with Gasteiger partial charge in [0.2, 0.25) is 11.3 Å². The first kappa shape index (κ1) is 15.5. The van der Waals surface area contributed by atoms with Crippen molar-refractivity contribution in [3.05, 3.63) is 79.4 Å². The molecule has 0 fully saturated rings. The zero-order valence-electron chi connectivity index (χ0n) is 15.5. The molecule has 6 aromatic rings. The van der Waals surface area contributed by atoms with Crippen molar-refractivity contribution in [3.8, 4) is 11.5 Å². The molecule has 3 aromatic heterocycles. The number of ether oxygens (including phenoxy) is 1. The molecule has 1 aliphatic heterocycles. The molecule has 8 heteroatoms. The molecule has 30 heavy (non-hydrogen) atoms. The lowest BCUT2D eigenvalue weighted by Crippen LogP contribution is -2.15. The number of para-hydroxylation sites is 4. The van der Waals surface area contributed by atoms with Crippen molar-refractivity contribution in [2.45, 2.75) is 0 Å². The Morgan fingerprint density at radius 2 is 1.23 bits per heavy atom. The zero-order chi connectivity index (χ0) is 19.7. The minimum absolute atomic E-state index is 0.667. The van der Waals surface area contributed by atoms with Crippen LogP contribution in [0.1, 0.15) is 0 Å². The lowest BCUT2D eigenvalue weighted by atomic mass is 10.1. The Kier molecular flexibility index (Phi) is 2.86. The van der Waals surface area contributed by atoms with Crippen LogP contribution in [0, 0.1) is 0 Å². The van der Waals surface area contributed by atoms with Crippen LogP contribution in [0.3, 0.4) is 0 Å². The van der Waals surface area contributed by atoms with Crippen LogP contribution in [0.2, 0.25) is 0 Å². The average molecular weight is 391 g/mol. The number of hydrogen-bond acceptors (Lipinski definition) is 6. The number of nitrogens with zero attached hydrogens (tertiary/aromatic N) is 7. The van der Waals surface area contributed by atoms with Gasteiger partial charge in [0.05, 0.1) is 22.4 Å². The summed E-state index contributed by atoms with van der Waals surface area (Å²) in [4.78, 5) is 2.21. The van der Waals surface area contributed by atoms with Crippen molar-refractivity contribution in [3.63, 3.8) is 0 Å². The molecule has 0 N–H and O–H groups in total. The summed E-state index contributed by atoms with van der Waals surface area (Å²) in [5.41, 5.74) is 6.26. The number of fused-ring (bicyclic) bond motifs is 8. The molecule has 0 unspecified atom stereocenters. The van der Waals surface area contributed by atoms with Gasteiger partial charge in [-0.1, -0.05) is 24.3 Å². The molecule has 0 atom stereocenters. The normalized spacial score (nSPS) is 12.9. The van der Waals surface area contributed by atoms with E-state index in [1.54, 1.807) is 12.7 Å². The lowest BCUT2D eigenvalue weighted by molar-refractivity contribution is 0.477. The SMILES string of the molecule is c1ccc2c(c1)Oc1ccccc1N2c1ccc2c(c1)n1cnnc1c1nncn21. The fourth-order valence-corrected chi connectivity index (χ4v) is 4.16. The largest absolute Gasteiger partial charge is 0.453 e. The van der Waals surface area contributed by atoms with Crippen LogP contribution in [-0.2, 0) is 0 Å². The highest BCUT2D eigenvalue weighted by molar-refractivity contribution is 5.92. The lowest BCUT2D eigenvalue weighted by Gasteiger charge is -2.32. The van der Waals surface area contributed by atoms with Gasteiger partial charge in [-0.3, -0.25) is 8.80 Å². The maximum Gasteiger partial charge on any atom is 0.206 e. The van der Waals surface area contributed by atoms with E-state index in [1.165, 1.54) is 0 Å². The molecule has 8 nitrogen and oxygen atoms in total. The van der Waals surface area contributed by atoms with Crippen molar-refractivity contribution in [1.82, 2.24) is 29.2 Å². The summed E-state index contributed by atoms with van der Waals surface area (Å²) < 4.78 is 10.0. The maximum atomic E-state index is 6.13. The first-order valence-electron chi connectivity index (χ1n) is 9.50. The first-order valence-corrected chi connectivity index (χ1v) is 9.50. The Labute approximate surface area is 169 Å². The summed E-state index contributed by atoms with van der Waals surface area (Å²) in [6, 6.07) is 22.4. The fraction of sp³-hybridized carbons (Fsp3) is 0. The summed E-state index contributed by atoms with van der Waals surface area (Å²) >= 11 is 0. The molecule has 0 amide bonds. The van der Waals surface area contributed by atoms with Crippen LogP contribution in [0.25, 0.3) is 22.3 Å². The molecular formula is C22H13N7O. The Morgan fingerprint density at radius 3 is 1.90 bits per heavy atom. The number of benzene rings is 3. The van der Waals surface area contributed by atoms with Crippen molar-refractivity contribution in [2.75, 3.05) is 4.90 Å². The maximum absolute atomic E-state index is 6.13. The summed E-state index contributed by atoms with van der Waals surface area (Å²) in [5, 5.41) is 16.6. The van der Waals surface area contributed by atoms with Crippen molar-refractivity contribution >= 4 is 39.4 Å². The molecule has 0 saturated carbocycles. The Bertz CT molecular complexity index is 1550. The Balaban J connectivity index is 1.56. The molecule has 1 aliphatic rings. The summed E-state index contributed by atoms with van der Waals surface area (Å²) in [6.45, 7) is 0. The minimum Gasteiger partial charge on any atom is -0.453 e. The molecule has 3 aromatic carbocycles. The predicted molar refractivity (Wildman–Crippen MR) is 112 cm³/mol. The van der Waals surface area contributed by atoms with Crippen LogP contribution in [0.4, 0.5) is 17.1 Å². The number of rotatable bonds is 1. The summed E-state index contributed by atoms with van der Waals surface area (Å²) in [5.74, 6) is 1.64. The second kappa shape index (κ2) is 5.54. The topological polar surface area (TPSA) is 72.8 Å².